The maximum atomic E-state index is 10.2. The minimum absolute atomic E-state index is 0.0334. The van der Waals surface area contributed by atoms with Crippen molar-refractivity contribution < 1.29 is 22.8 Å². The summed E-state index contributed by atoms with van der Waals surface area (Å²) in [5.41, 5.74) is 0. The van der Waals surface area contributed by atoms with Gasteiger partial charge in [-0.3, -0.25) is 4.55 Å². The zero-order valence-electron chi connectivity index (χ0n) is 7.22. The second-order valence-electron chi connectivity index (χ2n) is 2.37. The van der Waals surface area contributed by atoms with Crippen molar-refractivity contribution in [2.24, 2.45) is 0 Å². The monoisotopic (exact) mass is 210 g/mol. The Hall–Kier alpha value is -0.430. The Morgan fingerprint density at radius 3 is 2.54 bits per heavy atom. The number of hydrogen-bond donors (Lipinski definition) is 2. The summed E-state index contributed by atoms with van der Waals surface area (Å²) in [7, 11) is -3.86. The van der Waals surface area contributed by atoms with Gasteiger partial charge in [-0.15, -0.1) is 0 Å². The van der Waals surface area contributed by atoms with Crippen LogP contribution in [0.5, 0.6) is 0 Å². The maximum absolute atomic E-state index is 10.2. The summed E-state index contributed by atoms with van der Waals surface area (Å²) in [5.74, 6) is -0.281. The van der Waals surface area contributed by atoms with Crippen LogP contribution in [0.2, 0.25) is 0 Å². The van der Waals surface area contributed by atoms with E-state index >= 15 is 0 Å². The average Bonchev–Trinajstić information content (AvgIpc) is 2.01. The molecule has 0 aromatic carbocycles. The lowest BCUT2D eigenvalue weighted by atomic mass is 10.5. The first-order valence-electron chi connectivity index (χ1n) is 3.85. The Morgan fingerprint density at radius 2 is 2.00 bits per heavy atom. The van der Waals surface area contributed by atoms with Crippen LogP contribution in [-0.2, 0) is 14.9 Å². The van der Waals surface area contributed by atoms with Crippen molar-refractivity contribution in [1.29, 1.82) is 0 Å². The van der Waals surface area contributed by atoms with Crippen LogP contribution in [0.4, 0.5) is 0 Å². The van der Waals surface area contributed by atoms with E-state index in [9.17, 15) is 8.42 Å². The standard InChI is InChI=1S/C7H14O5S/c8-4-1-2-5-12-6-3-7-13(9,10)11/h1-2,8H,3-7H2,(H,9,10,11). The van der Waals surface area contributed by atoms with Crippen molar-refractivity contribution in [1.82, 2.24) is 0 Å². The summed E-state index contributed by atoms with van der Waals surface area (Å²) >= 11 is 0. The molecule has 0 aliphatic carbocycles. The van der Waals surface area contributed by atoms with E-state index in [1.54, 1.807) is 6.08 Å². The van der Waals surface area contributed by atoms with Gasteiger partial charge < -0.3 is 9.84 Å². The minimum atomic E-state index is -3.86. The third-order valence-corrected chi connectivity index (χ3v) is 1.98. The van der Waals surface area contributed by atoms with Crippen LogP contribution in [0.1, 0.15) is 6.42 Å². The van der Waals surface area contributed by atoms with Crippen LogP contribution in [0, 0.1) is 0 Å². The fraction of sp³-hybridized carbons (Fsp3) is 0.714. The van der Waals surface area contributed by atoms with E-state index in [1.807, 2.05) is 0 Å². The van der Waals surface area contributed by atoms with Gasteiger partial charge in [0.25, 0.3) is 10.1 Å². The van der Waals surface area contributed by atoms with Gasteiger partial charge in [-0.05, 0) is 6.42 Å². The molecule has 0 atom stereocenters. The lowest BCUT2D eigenvalue weighted by Crippen LogP contribution is -2.07. The molecule has 13 heavy (non-hydrogen) atoms. The van der Waals surface area contributed by atoms with Gasteiger partial charge in [0.05, 0.1) is 19.0 Å². The summed E-state index contributed by atoms with van der Waals surface area (Å²) < 4.78 is 33.7. The Bertz CT molecular complexity index is 231. The van der Waals surface area contributed by atoms with E-state index in [0.717, 1.165) is 0 Å². The molecule has 0 saturated heterocycles. The molecule has 0 saturated carbocycles. The lowest BCUT2D eigenvalue weighted by Gasteiger charge is -1.98. The molecule has 0 aromatic heterocycles. The molecule has 0 heterocycles. The molecule has 0 bridgehead atoms. The van der Waals surface area contributed by atoms with Crippen LogP contribution >= 0.6 is 0 Å². The molecule has 0 aliphatic heterocycles. The Morgan fingerprint density at radius 1 is 1.31 bits per heavy atom. The molecule has 5 nitrogen and oxygen atoms in total. The normalized spacial score (nSPS) is 12.5. The minimum Gasteiger partial charge on any atom is -0.392 e. The Labute approximate surface area is 77.8 Å². The number of hydrogen-bond acceptors (Lipinski definition) is 4. The van der Waals surface area contributed by atoms with E-state index < -0.39 is 10.1 Å². The van der Waals surface area contributed by atoms with Crippen LogP contribution in [0.15, 0.2) is 12.2 Å². The van der Waals surface area contributed by atoms with Crippen molar-refractivity contribution >= 4 is 10.1 Å². The predicted molar refractivity (Wildman–Crippen MR) is 48.1 cm³/mol. The van der Waals surface area contributed by atoms with Crippen molar-refractivity contribution in [3.05, 3.63) is 12.2 Å². The first-order valence-corrected chi connectivity index (χ1v) is 5.46. The molecular formula is C7H14O5S. The highest BCUT2D eigenvalue weighted by Gasteiger charge is 2.02. The van der Waals surface area contributed by atoms with Gasteiger partial charge in [0.15, 0.2) is 0 Å². The first-order chi connectivity index (χ1) is 6.06. The fourth-order valence-electron chi connectivity index (χ4n) is 0.637. The SMILES string of the molecule is O=S(=O)(O)CCCOCC=CCO. The van der Waals surface area contributed by atoms with E-state index in [2.05, 4.69) is 0 Å². The highest BCUT2D eigenvalue weighted by atomic mass is 32.2. The van der Waals surface area contributed by atoms with Crippen LogP contribution in [0.3, 0.4) is 0 Å². The largest absolute Gasteiger partial charge is 0.392 e. The van der Waals surface area contributed by atoms with Crippen molar-refractivity contribution in [3.63, 3.8) is 0 Å². The topological polar surface area (TPSA) is 83.8 Å². The molecule has 0 unspecified atom stereocenters. The molecule has 0 fully saturated rings. The summed E-state index contributed by atoms with van der Waals surface area (Å²) in [5, 5.41) is 8.32. The summed E-state index contributed by atoms with van der Waals surface area (Å²) in [6.45, 7) is 0.579. The molecule has 0 spiro atoms. The van der Waals surface area contributed by atoms with Crippen LogP contribution in [-0.4, -0.2) is 43.7 Å². The number of aliphatic hydroxyl groups is 1. The zero-order chi connectivity index (χ0) is 10.2. The molecular weight excluding hydrogens is 196 g/mol. The molecule has 0 aliphatic rings. The molecule has 78 valence electrons. The Kier molecular flexibility index (Phi) is 6.79. The molecule has 2 N–H and O–H groups in total. The van der Waals surface area contributed by atoms with E-state index in [4.69, 9.17) is 14.4 Å². The van der Waals surface area contributed by atoms with Gasteiger partial charge in [0.2, 0.25) is 0 Å². The molecule has 0 aromatic rings. The predicted octanol–water partition coefficient (Wildman–Crippen LogP) is -0.171. The fourth-order valence-corrected chi connectivity index (χ4v) is 1.12. The van der Waals surface area contributed by atoms with Gasteiger partial charge in [0, 0.05) is 6.61 Å². The van der Waals surface area contributed by atoms with Crippen molar-refractivity contribution in [2.45, 2.75) is 6.42 Å². The van der Waals surface area contributed by atoms with Crippen molar-refractivity contribution in [3.8, 4) is 0 Å². The second kappa shape index (κ2) is 7.02. The molecule has 0 radical (unpaired) electrons. The quantitative estimate of drug-likeness (QED) is 0.346. The van der Waals surface area contributed by atoms with Gasteiger partial charge >= 0.3 is 0 Å². The van der Waals surface area contributed by atoms with Gasteiger partial charge in [-0.1, -0.05) is 12.2 Å². The van der Waals surface area contributed by atoms with E-state index in [0.29, 0.717) is 6.61 Å². The van der Waals surface area contributed by atoms with E-state index in [1.165, 1.54) is 6.08 Å². The van der Waals surface area contributed by atoms with Crippen molar-refractivity contribution in [2.75, 3.05) is 25.6 Å². The second-order valence-corrected chi connectivity index (χ2v) is 3.94. The maximum Gasteiger partial charge on any atom is 0.264 e. The third-order valence-electron chi connectivity index (χ3n) is 1.18. The number of aliphatic hydroxyl groups excluding tert-OH is 1. The van der Waals surface area contributed by atoms with E-state index in [-0.39, 0.29) is 25.4 Å². The van der Waals surface area contributed by atoms with Crippen LogP contribution in [0.25, 0.3) is 0 Å². The highest BCUT2D eigenvalue weighted by Crippen LogP contribution is 1.89. The lowest BCUT2D eigenvalue weighted by molar-refractivity contribution is 0.162. The first kappa shape index (κ1) is 12.6. The van der Waals surface area contributed by atoms with Gasteiger partial charge in [-0.2, -0.15) is 8.42 Å². The third kappa shape index (κ3) is 11.6. The molecule has 6 heteroatoms. The van der Waals surface area contributed by atoms with Gasteiger partial charge in [0.1, 0.15) is 0 Å². The smallest absolute Gasteiger partial charge is 0.264 e. The Balaban J connectivity index is 3.23. The molecule has 0 amide bonds. The van der Waals surface area contributed by atoms with Gasteiger partial charge in [-0.25, -0.2) is 0 Å². The van der Waals surface area contributed by atoms with Crippen LogP contribution < -0.4 is 0 Å². The zero-order valence-corrected chi connectivity index (χ0v) is 8.03. The summed E-state index contributed by atoms with van der Waals surface area (Å²) in [4.78, 5) is 0. The molecule has 0 rings (SSSR count). The average molecular weight is 210 g/mol. The number of rotatable bonds is 7. The number of ether oxygens (including phenoxy) is 1. The highest BCUT2D eigenvalue weighted by molar-refractivity contribution is 7.85. The summed E-state index contributed by atoms with van der Waals surface area (Å²) in [6, 6.07) is 0. The summed E-state index contributed by atoms with van der Waals surface area (Å²) in [6.07, 6.45) is 3.43.